The molecule has 0 atom stereocenters. The average Bonchev–Trinajstić information content (AvgIpc) is 2.70. The summed E-state index contributed by atoms with van der Waals surface area (Å²) in [6, 6.07) is 0. The lowest BCUT2D eigenvalue weighted by Crippen LogP contribution is -2.24. The van der Waals surface area contributed by atoms with E-state index in [9.17, 15) is 9.59 Å². The summed E-state index contributed by atoms with van der Waals surface area (Å²) < 4.78 is 9.68. The molecule has 0 bridgehead atoms. The Kier molecular flexibility index (Phi) is 22.1. The molecule has 5 nitrogen and oxygen atoms in total. The zero-order valence-corrected chi connectivity index (χ0v) is 17.8. The minimum absolute atomic E-state index is 0.128. The van der Waals surface area contributed by atoms with Crippen LogP contribution < -0.4 is 5.32 Å². The van der Waals surface area contributed by atoms with Crippen LogP contribution in [0, 0.1) is 0 Å². The minimum Gasteiger partial charge on any atom is -0.467 e. The maximum atomic E-state index is 11.6. The molecule has 0 saturated carbocycles. The molecule has 0 amide bonds. The van der Waals surface area contributed by atoms with E-state index in [1.54, 1.807) is 0 Å². The van der Waals surface area contributed by atoms with Crippen molar-refractivity contribution in [1.29, 1.82) is 0 Å². The molecule has 0 fully saturated rings. The van der Waals surface area contributed by atoms with Crippen molar-refractivity contribution < 1.29 is 19.1 Å². The highest BCUT2D eigenvalue weighted by molar-refractivity contribution is 5.69. The highest BCUT2D eigenvalue weighted by Crippen LogP contribution is 2.08. The number of carbonyl (C=O) groups is 2. The number of unbranched alkanes of at least 4 members (excludes halogenated alkanes) is 8. The van der Waals surface area contributed by atoms with Gasteiger partial charge in [-0.3, -0.25) is 9.59 Å². The first-order valence-electron chi connectivity index (χ1n) is 11.0. The Morgan fingerprint density at radius 1 is 0.821 bits per heavy atom. The molecule has 5 heteroatoms. The Labute approximate surface area is 171 Å². The molecule has 0 rings (SSSR count). The molecule has 0 spiro atoms. The van der Waals surface area contributed by atoms with E-state index in [1.165, 1.54) is 44.9 Å². The molecule has 0 aromatic carbocycles. The zero-order chi connectivity index (χ0) is 20.5. The highest BCUT2D eigenvalue weighted by atomic mass is 16.5. The summed E-state index contributed by atoms with van der Waals surface area (Å²) in [6.45, 7) is 4.51. The van der Waals surface area contributed by atoms with Gasteiger partial charge in [-0.1, -0.05) is 63.3 Å². The van der Waals surface area contributed by atoms with Crippen molar-refractivity contribution in [3.8, 4) is 0 Å². The van der Waals surface area contributed by atoms with Gasteiger partial charge in [-0.25, -0.2) is 0 Å². The maximum Gasteiger partial charge on any atom is 0.305 e. The number of rotatable bonds is 21. The lowest BCUT2D eigenvalue weighted by molar-refractivity contribution is -0.143. The summed E-state index contributed by atoms with van der Waals surface area (Å²) in [5.74, 6) is -0.128. The van der Waals surface area contributed by atoms with E-state index in [0.29, 0.717) is 39.2 Å². The van der Waals surface area contributed by atoms with Gasteiger partial charge in [-0.15, -0.1) is 0 Å². The number of ether oxygens (including phenoxy) is 2. The molecule has 28 heavy (non-hydrogen) atoms. The summed E-state index contributed by atoms with van der Waals surface area (Å²) in [7, 11) is 0. The summed E-state index contributed by atoms with van der Waals surface area (Å²) >= 11 is 0. The van der Waals surface area contributed by atoms with Gasteiger partial charge in [-0.2, -0.15) is 0 Å². The Balaban J connectivity index is 3.26. The molecule has 1 N–H and O–H groups in total. The van der Waals surface area contributed by atoms with Gasteiger partial charge >= 0.3 is 5.97 Å². The Bertz CT molecular complexity index is 407. The SMILES string of the molecule is CCCCC/C=C\C/C=C\CCCCCCCC(=O)OCCNCCOC=O. The third-order valence-electron chi connectivity index (χ3n) is 4.34. The Morgan fingerprint density at radius 2 is 1.46 bits per heavy atom. The topological polar surface area (TPSA) is 64.6 Å². The number of hydrogen-bond acceptors (Lipinski definition) is 5. The van der Waals surface area contributed by atoms with Gasteiger partial charge in [0.2, 0.25) is 0 Å². The number of nitrogens with one attached hydrogen (secondary N) is 1. The normalized spacial score (nSPS) is 11.3. The van der Waals surface area contributed by atoms with E-state index in [2.05, 4.69) is 41.3 Å². The van der Waals surface area contributed by atoms with Crippen LogP contribution in [0.5, 0.6) is 0 Å². The fourth-order valence-corrected chi connectivity index (χ4v) is 2.69. The molecule has 0 heterocycles. The standard InChI is InChI=1S/C23H41NO4/c1-2-3-4-5-6-7-8-9-10-11-12-13-14-15-16-17-23(26)28-21-19-24-18-20-27-22-25/h6-7,9-10,22,24H,2-5,8,11-21H2,1H3/b7-6-,10-9-. The third-order valence-corrected chi connectivity index (χ3v) is 4.34. The van der Waals surface area contributed by atoms with Gasteiger partial charge in [-0.05, 0) is 38.5 Å². The van der Waals surface area contributed by atoms with Crippen molar-refractivity contribution in [3.05, 3.63) is 24.3 Å². The molecule has 0 aliphatic heterocycles. The first-order valence-corrected chi connectivity index (χ1v) is 11.0. The molecule has 162 valence electrons. The van der Waals surface area contributed by atoms with Gasteiger partial charge < -0.3 is 14.8 Å². The lowest BCUT2D eigenvalue weighted by atomic mass is 10.1. The molecule has 0 saturated heterocycles. The number of allylic oxidation sites excluding steroid dienone is 4. The summed E-state index contributed by atoms with van der Waals surface area (Å²) in [6.07, 6.45) is 22.6. The molecular weight excluding hydrogens is 354 g/mol. The Hall–Kier alpha value is -1.62. The van der Waals surface area contributed by atoms with Crippen LogP contribution in [0.3, 0.4) is 0 Å². The van der Waals surface area contributed by atoms with Crippen molar-refractivity contribution in [2.24, 2.45) is 0 Å². The predicted molar refractivity (Wildman–Crippen MR) is 115 cm³/mol. The molecule has 0 aliphatic carbocycles. The van der Waals surface area contributed by atoms with Gasteiger partial charge in [0.05, 0.1) is 0 Å². The van der Waals surface area contributed by atoms with Crippen LogP contribution in [-0.2, 0) is 19.1 Å². The fraction of sp³-hybridized carbons (Fsp3) is 0.739. The van der Waals surface area contributed by atoms with Crippen molar-refractivity contribution in [2.45, 2.75) is 84.0 Å². The number of carbonyl (C=O) groups excluding carboxylic acids is 2. The van der Waals surface area contributed by atoms with Crippen molar-refractivity contribution in [3.63, 3.8) is 0 Å². The monoisotopic (exact) mass is 395 g/mol. The molecular formula is C23H41NO4. The highest BCUT2D eigenvalue weighted by Gasteiger charge is 2.02. The van der Waals surface area contributed by atoms with Gasteiger partial charge in [0.1, 0.15) is 13.2 Å². The Morgan fingerprint density at radius 3 is 2.18 bits per heavy atom. The molecule has 0 aromatic rings. The average molecular weight is 396 g/mol. The second kappa shape index (κ2) is 23.4. The van der Waals surface area contributed by atoms with Crippen LogP contribution >= 0.6 is 0 Å². The second-order valence-corrected chi connectivity index (χ2v) is 6.92. The lowest BCUT2D eigenvalue weighted by Gasteiger charge is -2.06. The maximum absolute atomic E-state index is 11.6. The number of hydrogen-bond donors (Lipinski definition) is 1. The van der Waals surface area contributed by atoms with E-state index in [4.69, 9.17) is 4.74 Å². The first-order chi connectivity index (χ1) is 13.8. The van der Waals surface area contributed by atoms with E-state index < -0.39 is 0 Å². The van der Waals surface area contributed by atoms with Gasteiger partial charge in [0, 0.05) is 19.5 Å². The van der Waals surface area contributed by atoms with Crippen LogP contribution in [0.15, 0.2) is 24.3 Å². The fourth-order valence-electron chi connectivity index (χ4n) is 2.69. The molecule has 0 radical (unpaired) electrons. The molecule has 0 aliphatic rings. The van der Waals surface area contributed by atoms with Crippen molar-refractivity contribution in [1.82, 2.24) is 5.32 Å². The van der Waals surface area contributed by atoms with E-state index in [1.807, 2.05) is 0 Å². The van der Waals surface area contributed by atoms with Crippen LogP contribution in [0.25, 0.3) is 0 Å². The van der Waals surface area contributed by atoms with E-state index >= 15 is 0 Å². The zero-order valence-electron chi connectivity index (χ0n) is 17.8. The van der Waals surface area contributed by atoms with Crippen LogP contribution in [0.4, 0.5) is 0 Å². The van der Waals surface area contributed by atoms with Crippen LogP contribution in [0.2, 0.25) is 0 Å². The smallest absolute Gasteiger partial charge is 0.305 e. The summed E-state index contributed by atoms with van der Waals surface area (Å²) in [5, 5.41) is 3.03. The minimum atomic E-state index is -0.128. The van der Waals surface area contributed by atoms with E-state index in [0.717, 1.165) is 25.7 Å². The largest absolute Gasteiger partial charge is 0.467 e. The van der Waals surface area contributed by atoms with Crippen molar-refractivity contribution in [2.75, 3.05) is 26.3 Å². The van der Waals surface area contributed by atoms with Crippen LogP contribution in [-0.4, -0.2) is 38.7 Å². The predicted octanol–water partition coefficient (Wildman–Crippen LogP) is 5.11. The van der Waals surface area contributed by atoms with Crippen molar-refractivity contribution >= 4 is 12.4 Å². The molecule has 0 unspecified atom stereocenters. The summed E-state index contributed by atoms with van der Waals surface area (Å²) in [5.41, 5.74) is 0. The number of esters is 1. The van der Waals surface area contributed by atoms with E-state index in [-0.39, 0.29) is 5.97 Å². The quantitative estimate of drug-likeness (QED) is 0.127. The van der Waals surface area contributed by atoms with Gasteiger partial charge in [0.25, 0.3) is 6.47 Å². The molecule has 0 aromatic heterocycles. The third kappa shape index (κ3) is 22.4. The second-order valence-electron chi connectivity index (χ2n) is 6.92. The summed E-state index contributed by atoms with van der Waals surface area (Å²) in [4.78, 5) is 21.5. The first kappa shape index (κ1) is 26.4. The van der Waals surface area contributed by atoms with Gasteiger partial charge in [0.15, 0.2) is 0 Å². The van der Waals surface area contributed by atoms with Crippen LogP contribution in [0.1, 0.15) is 84.0 Å².